The molecular weight excluding hydrogens is 236 g/mol. The van der Waals surface area contributed by atoms with Crippen LogP contribution in [0.4, 0.5) is 0 Å². The molecule has 0 bridgehead atoms. The van der Waals surface area contributed by atoms with Crippen molar-refractivity contribution in [3.05, 3.63) is 20.7 Å². The van der Waals surface area contributed by atoms with Crippen LogP contribution in [-0.4, -0.2) is 14.7 Å². The molecule has 13 heavy (non-hydrogen) atoms. The van der Waals surface area contributed by atoms with Crippen molar-refractivity contribution < 1.29 is 5.11 Å². The molecule has 4 nitrogen and oxygen atoms in total. The zero-order valence-corrected chi connectivity index (χ0v) is 9.29. The number of hydrogen-bond donors (Lipinski definition) is 1. The first kappa shape index (κ1) is 10.2. The Morgan fingerprint density at radius 1 is 1.54 bits per heavy atom. The second-order valence-corrected chi connectivity index (χ2v) is 3.86. The summed E-state index contributed by atoms with van der Waals surface area (Å²) in [7, 11) is 0. The maximum Gasteiger partial charge on any atom is 0.272 e. The van der Waals surface area contributed by atoms with Crippen LogP contribution in [0.3, 0.4) is 0 Å². The molecule has 0 amide bonds. The van der Waals surface area contributed by atoms with Gasteiger partial charge in [0.25, 0.3) is 5.56 Å². The van der Waals surface area contributed by atoms with Crippen LogP contribution in [0.25, 0.3) is 0 Å². The summed E-state index contributed by atoms with van der Waals surface area (Å²) in [6.07, 6.45) is 0. The lowest BCUT2D eigenvalue weighted by molar-refractivity contribution is 0.431. The van der Waals surface area contributed by atoms with Gasteiger partial charge in [-0.25, -0.2) is 0 Å². The maximum atomic E-state index is 11.6. The first-order valence-electron chi connectivity index (χ1n) is 3.92. The van der Waals surface area contributed by atoms with Crippen LogP contribution in [0.1, 0.15) is 25.7 Å². The Labute approximate surface area is 84.4 Å². The largest absolute Gasteiger partial charge is 0.492 e. The summed E-state index contributed by atoms with van der Waals surface area (Å²) in [5.74, 6) is 0.264. The lowest BCUT2D eigenvalue weighted by atomic mass is 10.3. The van der Waals surface area contributed by atoms with Gasteiger partial charge >= 0.3 is 0 Å². The van der Waals surface area contributed by atoms with Gasteiger partial charge < -0.3 is 5.11 Å². The Balaban J connectivity index is 3.54. The third kappa shape index (κ3) is 1.75. The average molecular weight is 247 g/mol. The molecule has 0 radical (unpaired) electrons. The molecule has 0 fully saturated rings. The van der Waals surface area contributed by atoms with E-state index in [4.69, 9.17) is 0 Å². The Morgan fingerprint density at radius 3 is 2.54 bits per heavy atom. The minimum absolute atomic E-state index is 0.0388. The van der Waals surface area contributed by atoms with Gasteiger partial charge in [0.2, 0.25) is 5.88 Å². The number of rotatable bonds is 1. The SMILES string of the molecule is Cc1nc(O)c(Br)c(=O)n1C(C)C. The van der Waals surface area contributed by atoms with Crippen molar-refractivity contribution in [2.24, 2.45) is 0 Å². The zero-order chi connectivity index (χ0) is 10.2. The molecule has 0 aliphatic carbocycles. The average Bonchev–Trinajstić information content (AvgIpc) is 1.99. The van der Waals surface area contributed by atoms with Gasteiger partial charge in [0, 0.05) is 6.04 Å². The molecule has 1 aromatic rings. The normalized spacial score (nSPS) is 10.8. The predicted octanol–water partition coefficient (Wildman–Crippen LogP) is 1.60. The maximum absolute atomic E-state index is 11.6. The lowest BCUT2D eigenvalue weighted by Crippen LogP contribution is -2.25. The van der Waals surface area contributed by atoms with Gasteiger partial charge in [-0.05, 0) is 36.7 Å². The van der Waals surface area contributed by atoms with Crippen molar-refractivity contribution in [2.45, 2.75) is 26.8 Å². The first-order valence-corrected chi connectivity index (χ1v) is 4.72. The molecule has 72 valence electrons. The minimum atomic E-state index is -0.251. The topological polar surface area (TPSA) is 55.1 Å². The highest BCUT2D eigenvalue weighted by atomic mass is 79.9. The Bertz CT molecular complexity index is 384. The van der Waals surface area contributed by atoms with Crippen molar-refractivity contribution in [3.63, 3.8) is 0 Å². The van der Waals surface area contributed by atoms with Crippen molar-refractivity contribution in [1.82, 2.24) is 9.55 Å². The summed E-state index contributed by atoms with van der Waals surface area (Å²) in [6.45, 7) is 5.46. The van der Waals surface area contributed by atoms with Crippen molar-refractivity contribution >= 4 is 15.9 Å². The summed E-state index contributed by atoms with van der Waals surface area (Å²) < 4.78 is 1.64. The number of hydrogen-bond acceptors (Lipinski definition) is 3. The summed E-state index contributed by atoms with van der Waals surface area (Å²) >= 11 is 2.99. The van der Waals surface area contributed by atoms with E-state index >= 15 is 0 Å². The van der Waals surface area contributed by atoms with Crippen molar-refractivity contribution in [2.75, 3.05) is 0 Å². The third-order valence-electron chi connectivity index (χ3n) is 1.74. The summed E-state index contributed by atoms with van der Waals surface area (Å²) in [5.41, 5.74) is -0.250. The van der Waals surface area contributed by atoms with Crippen molar-refractivity contribution in [1.29, 1.82) is 0 Å². The van der Waals surface area contributed by atoms with Crippen LogP contribution in [0, 0.1) is 6.92 Å². The van der Waals surface area contributed by atoms with E-state index in [-0.39, 0.29) is 22.0 Å². The van der Waals surface area contributed by atoms with Crippen LogP contribution in [0.2, 0.25) is 0 Å². The van der Waals surface area contributed by atoms with Gasteiger partial charge in [-0.15, -0.1) is 0 Å². The van der Waals surface area contributed by atoms with Crippen LogP contribution < -0.4 is 5.56 Å². The number of aryl methyl sites for hydroxylation is 1. The molecular formula is C8H11BrN2O2. The van der Waals surface area contributed by atoms with Crippen LogP contribution >= 0.6 is 15.9 Å². The summed E-state index contributed by atoms with van der Waals surface area (Å²) in [4.78, 5) is 15.4. The van der Waals surface area contributed by atoms with E-state index in [2.05, 4.69) is 20.9 Å². The molecule has 1 rings (SSSR count). The molecule has 0 aromatic carbocycles. The quantitative estimate of drug-likeness (QED) is 0.820. The molecule has 1 N–H and O–H groups in total. The van der Waals surface area contributed by atoms with Crippen LogP contribution in [0.15, 0.2) is 9.27 Å². The van der Waals surface area contributed by atoms with E-state index in [1.807, 2.05) is 13.8 Å². The predicted molar refractivity (Wildman–Crippen MR) is 53.0 cm³/mol. The number of aromatic hydroxyl groups is 1. The highest BCUT2D eigenvalue weighted by molar-refractivity contribution is 9.10. The molecule has 1 heterocycles. The Hall–Kier alpha value is -0.840. The standard InChI is InChI=1S/C8H11BrN2O2/c1-4(2)11-5(3)10-7(12)6(9)8(11)13/h4,12H,1-3H3. The molecule has 0 atom stereocenters. The van der Waals surface area contributed by atoms with E-state index in [0.29, 0.717) is 5.82 Å². The second-order valence-electron chi connectivity index (χ2n) is 3.07. The van der Waals surface area contributed by atoms with Gasteiger partial charge in [0.05, 0.1) is 0 Å². The molecule has 1 aromatic heterocycles. The fourth-order valence-corrected chi connectivity index (χ4v) is 1.49. The van der Waals surface area contributed by atoms with E-state index < -0.39 is 0 Å². The Kier molecular flexibility index (Phi) is 2.75. The highest BCUT2D eigenvalue weighted by Crippen LogP contribution is 2.17. The smallest absolute Gasteiger partial charge is 0.272 e. The lowest BCUT2D eigenvalue weighted by Gasteiger charge is -2.13. The molecule has 0 saturated carbocycles. The van der Waals surface area contributed by atoms with Gasteiger partial charge in [-0.3, -0.25) is 9.36 Å². The Morgan fingerprint density at radius 2 is 2.08 bits per heavy atom. The highest BCUT2D eigenvalue weighted by Gasteiger charge is 2.12. The first-order chi connectivity index (χ1) is 5.95. The number of aromatic nitrogens is 2. The molecule has 5 heteroatoms. The van der Waals surface area contributed by atoms with E-state index in [1.54, 1.807) is 6.92 Å². The van der Waals surface area contributed by atoms with Gasteiger partial charge in [-0.2, -0.15) is 4.98 Å². The molecule has 0 unspecified atom stereocenters. The summed E-state index contributed by atoms with van der Waals surface area (Å²) in [5, 5.41) is 9.22. The fraction of sp³-hybridized carbons (Fsp3) is 0.500. The number of nitrogens with zero attached hydrogens (tertiary/aromatic N) is 2. The van der Waals surface area contributed by atoms with E-state index in [0.717, 1.165) is 0 Å². The van der Waals surface area contributed by atoms with Gasteiger partial charge in [-0.1, -0.05) is 0 Å². The second kappa shape index (κ2) is 3.49. The minimum Gasteiger partial charge on any atom is -0.492 e. The summed E-state index contributed by atoms with van der Waals surface area (Å²) in [6, 6.07) is 0.0388. The van der Waals surface area contributed by atoms with Gasteiger partial charge in [0.1, 0.15) is 10.3 Å². The third-order valence-corrected chi connectivity index (χ3v) is 2.43. The van der Waals surface area contributed by atoms with Crippen molar-refractivity contribution in [3.8, 4) is 5.88 Å². The van der Waals surface area contributed by atoms with Crippen LogP contribution in [-0.2, 0) is 0 Å². The molecule has 0 aliphatic rings. The molecule has 0 saturated heterocycles. The number of halogens is 1. The van der Waals surface area contributed by atoms with E-state index in [9.17, 15) is 9.90 Å². The molecule has 0 aliphatic heterocycles. The van der Waals surface area contributed by atoms with Crippen LogP contribution in [0.5, 0.6) is 5.88 Å². The molecule has 0 spiro atoms. The zero-order valence-electron chi connectivity index (χ0n) is 7.71. The van der Waals surface area contributed by atoms with Gasteiger partial charge in [0.15, 0.2) is 0 Å². The fourth-order valence-electron chi connectivity index (χ4n) is 1.21. The van der Waals surface area contributed by atoms with E-state index in [1.165, 1.54) is 4.57 Å². The monoisotopic (exact) mass is 246 g/mol.